The molecule has 2 aromatic rings. The molecule has 2 N–H and O–H groups in total. The van der Waals surface area contributed by atoms with E-state index in [1.165, 1.54) is 4.57 Å². The summed E-state index contributed by atoms with van der Waals surface area (Å²) in [5.41, 5.74) is 2.94. The second-order valence-electron chi connectivity index (χ2n) is 6.84. The van der Waals surface area contributed by atoms with Crippen LogP contribution in [0.25, 0.3) is 0 Å². The Kier molecular flexibility index (Phi) is 5.08. The number of rotatable bonds is 4. The van der Waals surface area contributed by atoms with Gasteiger partial charge in [-0.3, -0.25) is 14.3 Å². The molecular weight excluding hydrogens is 318 g/mol. The summed E-state index contributed by atoms with van der Waals surface area (Å²) in [5.74, 6) is 0.855. The van der Waals surface area contributed by atoms with Crippen molar-refractivity contribution in [2.75, 3.05) is 13.1 Å². The van der Waals surface area contributed by atoms with Crippen molar-refractivity contribution in [2.24, 2.45) is 0 Å². The van der Waals surface area contributed by atoms with Gasteiger partial charge < -0.3 is 10.1 Å². The number of nitrogens with zero attached hydrogens (tertiary/aromatic N) is 1. The van der Waals surface area contributed by atoms with Crippen LogP contribution in [0, 0.1) is 20.8 Å². The average Bonchev–Trinajstić information content (AvgIpc) is 2.56. The molecule has 6 heteroatoms. The predicted molar refractivity (Wildman–Crippen MR) is 97.6 cm³/mol. The van der Waals surface area contributed by atoms with Crippen LogP contribution in [0.15, 0.2) is 27.9 Å². The monoisotopic (exact) mass is 343 g/mol. The number of aromatic nitrogens is 2. The molecule has 0 atom stereocenters. The summed E-state index contributed by atoms with van der Waals surface area (Å²) in [7, 11) is 0. The highest BCUT2D eigenvalue weighted by Crippen LogP contribution is 2.28. The van der Waals surface area contributed by atoms with Gasteiger partial charge in [-0.15, -0.1) is 0 Å². The molecule has 1 aliphatic rings. The maximum absolute atomic E-state index is 12.1. The Morgan fingerprint density at radius 3 is 2.56 bits per heavy atom. The number of hydrogen-bond acceptors (Lipinski definition) is 4. The Morgan fingerprint density at radius 1 is 1.12 bits per heavy atom. The highest BCUT2D eigenvalue weighted by atomic mass is 16.5. The Labute approximate surface area is 146 Å². The first-order valence-corrected chi connectivity index (χ1v) is 8.72. The first-order chi connectivity index (χ1) is 11.9. The first kappa shape index (κ1) is 17.5. The van der Waals surface area contributed by atoms with E-state index in [1.54, 1.807) is 13.1 Å². The number of H-pyrrole nitrogens is 1. The van der Waals surface area contributed by atoms with Gasteiger partial charge >= 0.3 is 5.69 Å². The van der Waals surface area contributed by atoms with Crippen LogP contribution in [0.3, 0.4) is 0 Å². The molecule has 2 heterocycles. The van der Waals surface area contributed by atoms with Crippen LogP contribution in [0.4, 0.5) is 0 Å². The predicted octanol–water partition coefficient (Wildman–Crippen LogP) is 1.64. The standard InChI is InChI=1S/C19H25N3O3/c1-12-8-13(2)17(25-16-4-6-20-7-5-16)15(9-12)11-22-10-14(3)18(23)21-19(22)24/h8-10,16,20H,4-7,11H2,1-3H3,(H,21,23,24). The summed E-state index contributed by atoms with van der Waals surface area (Å²) in [5, 5.41) is 3.34. The summed E-state index contributed by atoms with van der Waals surface area (Å²) in [6.07, 6.45) is 3.75. The molecule has 1 fully saturated rings. The fourth-order valence-corrected chi connectivity index (χ4v) is 3.33. The van der Waals surface area contributed by atoms with Gasteiger partial charge in [0.15, 0.2) is 0 Å². The second-order valence-corrected chi connectivity index (χ2v) is 6.84. The van der Waals surface area contributed by atoms with E-state index in [4.69, 9.17) is 4.74 Å². The number of benzene rings is 1. The number of aromatic amines is 1. The molecule has 0 bridgehead atoms. The van der Waals surface area contributed by atoms with Crippen LogP contribution >= 0.6 is 0 Å². The second kappa shape index (κ2) is 7.27. The molecule has 0 aliphatic carbocycles. The molecule has 0 radical (unpaired) electrons. The SMILES string of the molecule is Cc1cc(C)c(OC2CCNCC2)c(Cn2cc(C)c(=O)[nH]c2=O)c1. The van der Waals surface area contributed by atoms with E-state index in [1.807, 2.05) is 13.8 Å². The summed E-state index contributed by atoms with van der Waals surface area (Å²) in [6, 6.07) is 4.15. The van der Waals surface area contributed by atoms with Crippen molar-refractivity contribution in [3.63, 3.8) is 0 Å². The van der Waals surface area contributed by atoms with Crippen molar-refractivity contribution in [2.45, 2.75) is 46.3 Å². The summed E-state index contributed by atoms with van der Waals surface area (Å²) in [6.45, 7) is 8.06. The van der Waals surface area contributed by atoms with E-state index in [-0.39, 0.29) is 11.7 Å². The molecular formula is C19H25N3O3. The van der Waals surface area contributed by atoms with Crippen molar-refractivity contribution < 1.29 is 4.74 Å². The molecule has 1 aromatic carbocycles. The lowest BCUT2D eigenvalue weighted by Crippen LogP contribution is -2.34. The summed E-state index contributed by atoms with van der Waals surface area (Å²) in [4.78, 5) is 26.1. The molecule has 25 heavy (non-hydrogen) atoms. The van der Waals surface area contributed by atoms with Gasteiger partial charge in [0, 0.05) is 17.3 Å². The lowest BCUT2D eigenvalue weighted by molar-refractivity contribution is 0.159. The Bertz CT molecular complexity index is 876. The zero-order valence-electron chi connectivity index (χ0n) is 15.0. The minimum Gasteiger partial charge on any atom is -0.490 e. The number of piperidine rings is 1. The lowest BCUT2D eigenvalue weighted by Gasteiger charge is -2.26. The van der Waals surface area contributed by atoms with Crippen LogP contribution in [-0.2, 0) is 6.54 Å². The fraction of sp³-hybridized carbons (Fsp3) is 0.474. The maximum atomic E-state index is 12.1. The molecule has 0 saturated carbocycles. The first-order valence-electron chi connectivity index (χ1n) is 8.72. The molecule has 1 saturated heterocycles. The number of ether oxygens (including phenoxy) is 1. The third-order valence-corrected chi connectivity index (χ3v) is 4.60. The number of hydrogen-bond donors (Lipinski definition) is 2. The topological polar surface area (TPSA) is 76.1 Å². The third-order valence-electron chi connectivity index (χ3n) is 4.60. The molecule has 0 amide bonds. The van der Waals surface area contributed by atoms with Crippen LogP contribution in [0.5, 0.6) is 5.75 Å². The van der Waals surface area contributed by atoms with Gasteiger partial charge in [-0.25, -0.2) is 4.79 Å². The Morgan fingerprint density at radius 2 is 1.84 bits per heavy atom. The van der Waals surface area contributed by atoms with E-state index < -0.39 is 5.69 Å². The van der Waals surface area contributed by atoms with Gasteiger partial charge in [0.25, 0.3) is 5.56 Å². The van der Waals surface area contributed by atoms with Gasteiger partial charge in [-0.2, -0.15) is 0 Å². The number of nitrogens with one attached hydrogen (secondary N) is 2. The zero-order chi connectivity index (χ0) is 18.0. The van der Waals surface area contributed by atoms with Crippen molar-refractivity contribution in [1.29, 1.82) is 0 Å². The molecule has 1 aliphatic heterocycles. The molecule has 0 spiro atoms. The smallest absolute Gasteiger partial charge is 0.328 e. The summed E-state index contributed by atoms with van der Waals surface area (Å²) < 4.78 is 7.84. The van der Waals surface area contributed by atoms with Gasteiger partial charge in [-0.05, 0) is 52.3 Å². The lowest BCUT2D eigenvalue weighted by atomic mass is 10.0. The van der Waals surface area contributed by atoms with E-state index in [2.05, 4.69) is 22.4 Å². The third kappa shape index (κ3) is 4.02. The Balaban J connectivity index is 1.96. The van der Waals surface area contributed by atoms with E-state index >= 15 is 0 Å². The van der Waals surface area contributed by atoms with Crippen LogP contribution in [-0.4, -0.2) is 28.7 Å². The highest BCUT2D eigenvalue weighted by Gasteiger charge is 2.18. The molecule has 6 nitrogen and oxygen atoms in total. The van der Waals surface area contributed by atoms with Crippen LogP contribution < -0.4 is 21.3 Å². The van der Waals surface area contributed by atoms with E-state index in [9.17, 15) is 9.59 Å². The molecule has 1 aromatic heterocycles. The van der Waals surface area contributed by atoms with Crippen molar-refractivity contribution in [3.8, 4) is 5.75 Å². The van der Waals surface area contributed by atoms with Crippen LogP contribution in [0.2, 0.25) is 0 Å². The van der Waals surface area contributed by atoms with Crippen LogP contribution in [0.1, 0.15) is 35.1 Å². The van der Waals surface area contributed by atoms with Gasteiger partial charge in [-0.1, -0.05) is 17.7 Å². The molecule has 134 valence electrons. The maximum Gasteiger partial charge on any atom is 0.328 e. The van der Waals surface area contributed by atoms with Crippen molar-refractivity contribution >= 4 is 0 Å². The quantitative estimate of drug-likeness (QED) is 0.885. The number of aryl methyl sites for hydroxylation is 3. The highest BCUT2D eigenvalue weighted by molar-refractivity contribution is 5.44. The average molecular weight is 343 g/mol. The molecule has 3 rings (SSSR count). The largest absolute Gasteiger partial charge is 0.490 e. The van der Waals surface area contributed by atoms with Gasteiger partial charge in [0.05, 0.1) is 6.54 Å². The van der Waals surface area contributed by atoms with E-state index in [0.29, 0.717) is 12.1 Å². The van der Waals surface area contributed by atoms with Gasteiger partial charge in [0.1, 0.15) is 11.9 Å². The van der Waals surface area contributed by atoms with Gasteiger partial charge in [0.2, 0.25) is 0 Å². The van der Waals surface area contributed by atoms with Crippen molar-refractivity contribution in [3.05, 3.63) is 61.4 Å². The normalized spacial score (nSPS) is 15.3. The Hall–Kier alpha value is -2.34. The molecule has 0 unspecified atom stereocenters. The van der Waals surface area contributed by atoms with Crippen molar-refractivity contribution in [1.82, 2.24) is 14.9 Å². The zero-order valence-corrected chi connectivity index (χ0v) is 15.0. The minimum atomic E-state index is -0.400. The summed E-state index contributed by atoms with van der Waals surface area (Å²) >= 11 is 0. The minimum absolute atomic E-state index is 0.190. The van der Waals surface area contributed by atoms with E-state index in [0.717, 1.165) is 48.4 Å². The fourth-order valence-electron chi connectivity index (χ4n) is 3.33.